The molecule has 1 aliphatic rings. The van der Waals surface area contributed by atoms with E-state index in [1.54, 1.807) is 0 Å². The van der Waals surface area contributed by atoms with Crippen LogP contribution in [-0.2, 0) is 10.4 Å². The molecule has 0 unspecified atom stereocenters. The minimum atomic E-state index is -4.67. The molecule has 0 bridgehead atoms. The van der Waals surface area contributed by atoms with E-state index in [1.807, 2.05) is 0 Å². The predicted molar refractivity (Wildman–Crippen MR) is 73.8 cm³/mol. The Hall–Kier alpha value is -0.950. The fraction of sp³-hybridized carbons (Fsp3) is 0.909. The molecule has 1 fully saturated rings. The molecule has 8 heteroatoms. The van der Waals surface area contributed by atoms with Crippen molar-refractivity contribution in [1.29, 1.82) is 0 Å². The molecular formula is C11H23N3O4S. The lowest BCUT2D eigenvalue weighted by Gasteiger charge is -2.26. The van der Waals surface area contributed by atoms with Crippen LogP contribution < -0.4 is 0 Å². The van der Waals surface area contributed by atoms with Crippen LogP contribution in [0.4, 0.5) is 0 Å². The number of aliphatic imine (C=N–C) groups is 1. The average Bonchev–Trinajstić information content (AvgIpc) is 2.29. The van der Waals surface area contributed by atoms with E-state index in [0.717, 1.165) is 32.0 Å². The van der Waals surface area contributed by atoms with Crippen molar-refractivity contribution >= 4 is 16.4 Å². The monoisotopic (exact) mass is 293 g/mol. The van der Waals surface area contributed by atoms with Gasteiger partial charge in [-0.2, -0.15) is 8.42 Å². The lowest BCUT2D eigenvalue weighted by molar-refractivity contribution is 0.201. The van der Waals surface area contributed by atoms with Crippen molar-refractivity contribution in [3.8, 4) is 0 Å². The van der Waals surface area contributed by atoms with Crippen molar-refractivity contribution in [2.24, 2.45) is 16.0 Å². The van der Waals surface area contributed by atoms with Gasteiger partial charge < -0.3 is 0 Å². The van der Waals surface area contributed by atoms with Gasteiger partial charge in [-0.05, 0) is 25.2 Å². The first kappa shape index (κ1) is 18.0. The van der Waals surface area contributed by atoms with E-state index >= 15 is 0 Å². The summed E-state index contributed by atoms with van der Waals surface area (Å²) in [6, 6.07) is 2.78. The van der Waals surface area contributed by atoms with E-state index in [-0.39, 0.29) is 0 Å². The lowest BCUT2D eigenvalue weighted by Crippen LogP contribution is -2.28. The molecule has 0 amide bonds. The minimum Gasteiger partial charge on any atom is -0.287 e. The highest BCUT2D eigenvalue weighted by atomic mass is 32.3. The van der Waals surface area contributed by atoms with E-state index in [2.05, 4.69) is 35.0 Å². The largest absolute Gasteiger partial charge is 0.394 e. The number of nitrogens with zero attached hydrogens (tertiary/aromatic N) is 3. The van der Waals surface area contributed by atoms with Crippen molar-refractivity contribution in [3.63, 3.8) is 0 Å². The summed E-state index contributed by atoms with van der Waals surface area (Å²) in [7, 11) is -4.67. The molecule has 0 atom stereocenters. The van der Waals surface area contributed by atoms with Gasteiger partial charge in [0, 0.05) is 19.6 Å². The summed E-state index contributed by atoms with van der Waals surface area (Å²) in [5, 5.41) is 6.28. The fourth-order valence-corrected chi connectivity index (χ4v) is 1.48. The van der Waals surface area contributed by atoms with Crippen LogP contribution in [0.1, 0.15) is 39.5 Å². The molecular weight excluding hydrogens is 270 g/mol. The number of unbranched alkanes of at least 4 members (excludes halogenated alkanes) is 1. The molecule has 0 aromatic carbocycles. The van der Waals surface area contributed by atoms with Crippen LogP contribution in [0.25, 0.3) is 0 Å². The maximum atomic E-state index is 8.74. The fourth-order valence-electron chi connectivity index (χ4n) is 1.48. The van der Waals surface area contributed by atoms with Gasteiger partial charge in [0.2, 0.25) is 0 Å². The van der Waals surface area contributed by atoms with Gasteiger partial charge in [0.25, 0.3) is 0 Å². The zero-order chi connectivity index (χ0) is 14.7. The van der Waals surface area contributed by atoms with Crippen LogP contribution in [0.15, 0.2) is 10.1 Å². The molecule has 0 radical (unpaired) electrons. The molecule has 1 saturated heterocycles. The Labute approximate surface area is 115 Å². The molecule has 0 aliphatic carbocycles. The quantitative estimate of drug-likeness (QED) is 0.468. The highest BCUT2D eigenvalue weighted by Gasteiger charge is 2.13. The molecule has 7 nitrogen and oxygen atoms in total. The smallest absolute Gasteiger partial charge is 0.287 e. The Bertz CT molecular complexity index is 375. The van der Waals surface area contributed by atoms with Gasteiger partial charge in [-0.25, -0.2) is 4.99 Å². The van der Waals surface area contributed by atoms with Gasteiger partial charge >= 0.3 is 10.4 Å². The number of rotatable bonds is 4. The number of piperidine rings is 1. The van der Waals surface area contributed by atoms with Crippen molar-refractivity contribution in [3.05, 3.63) is 0 Å². The molecule has 0 spiro atoms. The molecule has 2 N–H and O–H groups in total. The molecule has 1 heterocycles. The summed E-state index contributed by atoms with van der Waals surface area (Å²) in [6.07, 6.45) is 4.83. The zero-order valence-electron chi connectivity index (χ0n) is 11.5. The standard InChI is InChI=1S/C11H21N3.H2O4S/c1-3-4-7-12-10-13-14-8-5-11(2)6-9-14;1-5(2,3)4/h11H,3-9H2,1-2H3;(H2,1,2,3,4). The Morgan fingerprint density at radius 2 is 1.84 bits per heavy atom. The van der Waals surface area contributed by atoms with Gasteiger partial charge in [0.15, 0.2) is 0 Å². The van der Waals surface area contributed by atoms with E-state index in [4.69, 9.17) is 17.5 Å². The normalized spacial score (nSPS) is 16.1. The lowest BCUT2D eigenvalue weighted by atomic mass is 10.0. The van der Waals surface area contributed by atoms with Gasteiger partial charge in [-0.1, -0.05) is 20.3 Å². The number of hydrazone groups is 1. The number of hydrogen-bond acceptors (Lipinski definition) is 5. The number of hydrogen-bond donors (Lipinski definition) is 2. The Balaban J connectivity index is 0.000000555. The molecule has 1 rings (SSSR count). The summed E-state index contributed by atoms with van der Waals surface area (Å²) in [4.78, 5) is 4.12. The Morgan fingerprint density at radius 1 is 1.32 bits per heavy atom. The third-order valence-corrected chi connectivity index (χ3v) is 2.64. The molecule has 0 aromatic rings. The van der Waals surface area contributed by atoms with Crippen molar-refractivity contribution < 1.29 is 17.5 Å². The first-order chi connectivity index (χ1) is 8.83. The molecule has 19 heavy (non-hydrogen) atoms. The van der Waals surface area contributed by atoms with Gasteiger partial charge in [0.1, 0.15) is 6.01 Å². The molecule has 0 aromatic heterocycles. The summed E-state index contributed by atoms with van der Waals surface area (Å²) >= 11 is 0. The van der Waals surface area contributed by atoms with Gasteiger partial charge in [-0.15, -0.1) is 5.10 Å². The SMILES string of the molecule is CCCCN=C=NN1CCC(C)CC1.O=S(=O)(O)O. The Morgan fingerprint density at radius 3 is 2.32 bits per heavy atom. The van der Waals surface area contributed by atoms with Crippen LogP contribution in [0, 0.1) is 5.92 Å². The topological polar surface area (TPSA) is 103 Å². The second-order valence-electron chi connectivity index (χ2n) is 4.52. The van der Waals surface area contributed by atoms with Gasteiger partial charge in [-0.3, -0.25) is 14.1 Å². The summed E-state index contributed by atoms with van der Waals surface area (Å²) in [5.74, 6) is 0.860. The van der Waals surface area contributed by atoms with Crippen molar-refractivity contribution in [2.75, 3.05) is 19.6 Å². The van der Waals surface area contributed by atoms with E-state index in [9.17, 15) is 0 Å². The zero-order valence-corrected chi connectivity index (χ0v) is 12.3. The van der Waals surface area contributed by atoms with E-state index < -0.39 is 10.4 Å². The van der Waals surface area contributed by atoms with Gasteiger partial charge in [0.05, 0.1) is 0 Å². The van der Waals surface area contributed by atoms with Crippen molar-refractivity contribution in [2.45, 2.75) is 39.5 Å². The highest BCUT2D eigenvalue weighted by molar-refractivity contribution is 7.79. The second-order valence-corrected chi connectivity index (χ2v) is 5.41. The average molecular weight is 293 g/mol. The van der Waals surface area contributed by atoms with E-state index in [1.165, 1.54) is 19.3 Å². The first-order valence-electron chi connectivity index (χ1n) is 6.40. The van der Waals surface area contributed by atoms with Crippen molar-refractivity contribution in [1.82, 2.24) is 5.01 Å². The minimum absolute atomic E-state index is 0.860. The van der Waals surface area contributed by atoms with E-state index in [0.29, 0.717) is 0 Å². The third-order valence-electron chi connectivity index (χ3n) is 2.64. The summed E-state index contributed by atoms with van der Waals surface area (Å²) < 4.78 is 31.6. The maximum Gasteiger partial charge on any atom is 0.394 e. The van der Waals surface area contributed by atoms with Crippen LogP contribution in [0.2, 0.25) is 0 Å². The molecule has 1 aliphatic heterocycles. The van der Waals surface area contributed by atoms with Crippen LogP contribution in [-0.4, -0.2) is 48.2 Å². The highest BCUT2D eigenvalue weighted by Crippen LogP contribution is 2.15. The summed E-state index contributed by atoms with van der Waals surface area (Å²) in [5.41, 5.74) is 0. The molecule has 112 valence electrons. The predicted octanol–water partition coefficient (Wildman–Crippen LogP) is 1.95. The summed E-state index contributed by atoms with van der Waals surface area (Å²) in [6.45, 7) is 7.47. The van der Waals surface area contributed by atoms with Crippen LogP contribution in [0.3, 0.4) is 0 Å². The first-order valence-corrected chi connectivity index (χ1v) is 7.79. The van der Waals surface area contributed by atoms with Crippen LogP contribution in [0.5, 0.6) is 0 Å². The van der Waals surface area contributed by atoms with Crippen LogP contribution >= 0.6 is 0 Å². The maximum absolute atomic E-state index is 8.74. The Kier molecular flexibility index (Phi) is 9.42. The third kappa shape index (κ3) is 15.0. The second kappa shape index (κ2) is 9.91. The molecule has 0 saturated carbocycles.